The second kappa shape index (κ2) is 7.07. The van der Waals surface area contributed by atoms with Gasteiger partial charge in [0.1, 0.15) is 19.0 Å². The van der Waals surface area contributed by atoms with Gasteiger partial charge in [-0.15, -0.1) is 11.6 Å². The van der Waals surface area contributed by atoms with E-state index in [-0.39, 0.29) is 19.1 Å². The summed E-state index contributed by atoms with van der Waals surface area (Å²) in [6.07, 6.45) is -4.33. The zero-order valence-corrected chi connectivity index (χ0v) is 10.8. The van der Waals surface area contributed by atoms with Gasteiger partial charge in [-0.05, 0) is 6.07 Å². The van der Waals surface area contributed by atoms with Crippen LogP contribution in [0, 0.1) is 0 Å². The van der Waals surface area contributed by atoms with Crippen molar-refractivity contribution in [3.63, 3.8) is 0 Å². The number of rotatable bonds is 6. The lowest BCUT2D eigenvalue weighted by Crippen LogP contribution is -2.19. The van der Waals surface area contributed by atoms with Gasteiger partial charge in [0.2, 0.25) is 0 Å². The minimum Gasteiger partial charge on any atom is -0.489 e. The summed E-state index contributed by atoms with van der Waals surface area (Å²) in [7, 11) is 0. The molecule has 0 heterocycles. The van der Waals surface area contributed by atoms with Gasteiger partial charge in [0.05, 0.1) is 17.5 Å². The van der Waals surface area contributed by atoms with Crippen LogP contribution in [0.4, 0.5) is 13.2 Å². The highest BCUT2D eigenvalue weighted by atomic mass is 35.5. The molecule has 0 saturated carbocycles. The third-order valence-corrected chi connectivity index (χ3v) is 2.52. The van der Waals surface area contributed by atoms with E-state index in [0.29, 0.717) is 16.3 Å². The number of halogens is 5. The van der Waals surface area contributed by atoms with E-state index in [2.05, 4.69) is 4.74 Å². The van der Waals surface area contributed by atoms with Crippen molar-refractivity contribution in [2.75, 3.05) is 19.8 Å². The quantitative estimate of drug-likeness (QED) is 0.583. The predicted octanol–water partition coefficient (Wildman–Crippen LogP) is 4.04. The largest absolute Gasteiger partial charge is 0.489 e. The minimum atomic E-state index is -4.33. The van der Waals surface area contributed by atoms with Crippen molar-refractivity contribution in [1.29, 1.82) is 0 Å². The van der Waals surface area contributed by atoms with Crippen LogP contribution in [0.25, 0.3) is 0 Å². The molecule has 18 heavy (non-hydrogen) atoms. The van der Waals surface area contributed by atoms with Crippen molar-refractivity contribution in [2.45, 2.75) is 12.1 Å². The highest BCUT2D eigenvalue weighted by molar-refractivity contribution is 6.32. The van der Waals surface area contributed by atoms with E-state index in [9.17, 15) is 13.2 Å². The molecule has 0 amide bonds. The number of benzene rings is 1. The molecule has 1 aromatic carbocycles. The van der Waals surface area contributed by atoms with Gasteiger partial charge in [-0.3, -0.25) is 0 Å². The first-order valence-corrected chi connectivity index (χ1v) is 5.96. The Balaban J connectivity index is 2.40. The SMILES string of the molecule is FC(F)(F)COCCOc1c(Cl)cccc1CCl. The molecule has 0 radical (unpaired) electrons. The van der Waals surface area contributed by atoms with Gasteiger partial charge in [-0.25, -0.2) is 0 Å². The first-order valence-electron chi connectivity index (χ1n) is 5.04. The zero-order chi connectivity index (χ0) is 13.6. The molecular weight excluding hydrogens is 292 g/mol. The van der Waals surface area contributed by atoms with Gasteiger partial charge < -0.3 is 9.47 Å². The molecule has 0 aliphatic rings. The van der Waals surface area contributed by atoms with Gasteiger partial charge >= 0.3 is 6.18 Å². The number of hydrogen-bond acceptors (Lipinski definition) is 2. The standard InChI is InChI=1S/C11H11Cl2F3O2/c12-6-8-2-1-3-9(13)10(8)18-5-4-17-7-11(14,15)16/h1-3H,4-7H2. The van der Waals surface area contributed by atoms with Crippen LogP contribution in [0.15, 0.2) is 18.2 Å². The Labute approximate surface area is 113 Å². The number of para-hydroxylation sites is 1. The normalized spacial score (nSPS) is 11.6. The molecule has 0 aromatic heterocycles. The third kappa shape index (κ3) is 5.33. The average molecular weight is 303 g/mol. The number of ether oxygens (including phenoxy) is 2. The van der Waals surface area contributed by atoms with Crippen LogP contribution in [0.5, 0.6) is 5.75 Å². The van der Waals surface area contributed by atoms with E-state index in [4.69, 9.17) is 27.9 Å². The Bertz CT molecular complexity index is 383. The fraction of sp³-hybridized carbons (Fsp3) is 0.455. The lowest BCUT2D eigenvalue weighted by atomic mass is 10.2. The Kier molecular flexibility index (Phi) is 6.05. The molecule has 2 nitrogen and oxygen atoms in total. The van der Waals surface area contributed by atoms with E-state index >= 15 is 0 Å². The lowest BCUT2D eigenvalue weighted by Gasteiger charge is -2.12. The second-order valence-electron chi connectivity index (χ2n) is 3.38. The van der Waals surface area contributed by atoms with Crippen LogP contribution >= 0.6 is 23.2 Å². The van der Waals surface area contributed by atoms with Crippen LogP contribution in [0.2, 0.25) is 5.02 Å². The molecule has 0 aliphatic heterocycles. The smallest absolute Gasteiger partial charge is 0.411 e. The molecule has 0 N–H and O–H groups in total. The Morgan fingerprint density at radius 3 is 2.50 bits per heavy atom. The van der Waals surface area contributed by atoms with E-state index in [0.717, 1.165) is 0 Å². The van der Waals surface area contributed by atoms with Crippen LogP contribution in [-0.4, -0.2) is 26.0 Å². The van der Waals surface area contributed by atoms with E-state index in [1.165, 1.54) is 0 Å². The van der Waals surface area contributed by atoms with Crippen molar-refractivity contribution in [2.24, 2.45) is 0 Å². The Morgan fingerprint density at radius 2 is 1.89 bits per heavy atom. The maximum Gasteiger partial charge on any atom is 0.411 e. The first kappa shape index (κ1) is 15.4. The summed E-state index contributed by atoms with van der Waals surface area (Å²) in [4.78, 5) is 0. The molecule has 7 heteroatoms. The maximum atomic E-state index is 11.8. The van der Waals surface area contributed by atoms with E-state index in [1.54, 1.807) is 18.2 Å². The highest BCUT2D eigenvalue weighted by Gasteiger charge is 2.27. The molecule has 0 aliphatic carbocycles. The van der Waals surface area contributed by atoms with Crippen LogP contribution < -0.4 is 4.74 Å². The molecule has 0 fully saturated rings. The molecular formula is C11H11Cl2F3O2. The van der Waals surface area contributed by atoms with Crippen LogP contribution in [0.3, 0.4) is 0 Å². The molecule has 0 spiro atoms. The fourth-order valence-corrected chi connectivity index (χ4v) is 1.67. The van der Waals surface area contributed by atoms with Crippen LogP contribution in [0.1, 0.15) is 5.56 Å². The van der Waals surface area contributed by atoms with E-state index in [1.807, 2.05) is 0 Å². The van der Waals surface area contributed by atoms with Crippen molar-refractivity contribution >= 4 is 23.2 Å². The summed E-state index contributed by atoms with van der Waals surface area (Å²) in [5, 5.41) is 0.365. The summed E-state index contributed by atoms with van der Waals surface area (Å²) in [6.45, 7) is -1.49. The van der Waals surface area contributed by atoms with Gasteiger partial charge in [-0.1, -0.05) is 23.7 Å². The number of alkyl halides is 4. The summed E-state index contributed by atoms with van der Waals surface area (Å²) in [5.41, 5.74) is 0.681. The van der Waals surface area contributed by atoms with Crippen molar-refractivity contribution < 1.29 is 22.6 Å². The van der Waals surface area contributed by atoms with Crippen molar-refractivity contribution in [1.82, 2.24) is 0 Å². The lowest BCUT2D eigenvalue weighted by molar-refractivity contribution is -0.175. The molecule has 102 valence electrons. The molecule has 1 aromatic rings. The fourth-order valence-electron chi connectivity index (χ4n) is 1.21. The van der Waals surface area contributed by atoms with Crippen molar-refractivity contribution in [3.8, 4) is 5.75 Å². The minimum absolute atomic E-state index is 0.0241. The predicted molar refractivity (Wildman–Crippen MR) is 63.4 cm³/mol. The Hall–Kier alpha value is -0.650. The highest BCUT2D eigenvalue weighted by Crippen LogP contribution is 2.29. The monoisotopic (exact) mass is 302 g/mol. The van der Waals surface area contributed by atoms with Gasteiger partial charge in [0, 0.05) is 5.56 Å². The van der Waals surface area contributed by atoms with Gasteiger partial charge in [-0.2, -0.15) is 13.2 Å². The zero-order valence-electron chi connectivity index (χ0n) is 9.27. The summed E-state index contributed by atoms with van der Waals surface area (Å²) < 4.78 is 45.0. The van der Waals surface area contributed by atoms with Gasteiger partial charge in [0.15, 0.2) is 0 Å². The van der Waals surface area contributed by atoms with Crippen LogP contribution in [-0.2, 0) is 10.6 Å². The first-order chi connectivity index (χ1) is 8.44. The third-order valence-electron chi connectivity index (χ3n) is 1.93. The van der Waals surface area contributed by atoms with Gasteiger partial charge in [0.25, 0.3) is 0 Å². The average Bonchev–Trinajstić information content (AvgIpc) is 2.29. The molecule has 0 saturated heterocycles. The number of hydrogen-bond donors (Lipinski definition) is 0. The van der Waals surface area contributed by atoms with E-state index < -0.39 is 12.8 Å². The Morgan fingerprint density at radius 1 is 1.17 bits per heavy atom. The summed E-state index contributed by atoms with van der Waals surface area (Å²) in [6, 6.07) is 5.06. The topological polar surface area (TPSA) is 18.5 Å². The molecule has 1 rings (SSSR count). The molecule has 0 bridgehead atoms. The summed E-state index contributed by atoms with van der Waals surface area (Å²) in [5.74, 6) is 0.587. The molecule has 0 unspecified atom stereocenters. The molecule has 0 atom stereocenters. The summed E-state index contributed by atoms with van der Waals surface area (Å²) >= 11 is 11.6. The van der Waals surface area contributed by atoms with Crippen molar-refractivity contribution in [3.05, 3.63) is 28.8 Å². The maximum absolute atomic E-state index is 11.8. The second-order valence-corrected chi connectivity index (χ2v) is 4.05.